The average molecular weight is 433 g/mol. The smallest absolute Gasteiger partial charge is 0.170 e. The van der Waals surface area contributed by atoms with Crippen LogP contribution in [0.25, 0.3) is 5.69 Å². The Morgan fingerprint density at radius 1 is 1.00 bits per heavy atom. The number of thiocarbonyl (C=S) groups is 1. The van der Waals surface area contributed by atoms with E-state index in [1.54, 1.807) is 0 Å². The average Bonchev–Trinajstić information content (AvgIpc) is 3.19. The summed E-state index contributed by atoms with van der Waals surface area (Å²) in [6, 6.07) is 13.4. The number of nitrogens with one attached hydrogen (secondary N) is 1. The van der Waals surface area contributed by atoms with Crippen LogP contribution in [0.15, 0.2) is 42.6 Å². The highest BCUT2D eigenvalue weighted by molar-refractivity contribution is 7.80. The lowest BCUT2D eigenvalue weighted by Gasteiger charge is -2.31. The number of nitrogens with zero attached hydrogens (tertiary/aromatic N) is 3. The van der Waals surface area contributed by atoms with Crippen molar-refractivity contribution in [3.05, 3.63) is 81.9 Å². The van der Waals surface area contributed by atoms with Crippen LogP contribution in [0.2, 0.25) is 0 Å². The summed E-state index contributed by atoms with van der Waals surface area (Å²) in [5.74, 6) is 0. The molecule has 3 aromatic rings. The van der Waals surface area contributed by atoms with Crippen LogP contribution in [0.5, 0.6) is 0 Å². The highest BCUT2D eigenvalue weighted by atomic mass is 32.1. The van der Waals surface area contributed by atoms with E-state index in [0.717, 1.165) is 10.8 Å². The van der Waals surface area contributed by atoms with E-state index < -0.39 is 0 Å². The van der Waals surface area contributed by atoms with Crippen molar-refractivity contribution in [1.29, 1.82) is 0 Å². The van der Waals surface area contributed by atoms with Gasteiger partial charge in [0.05, 0.1) is 23.5 Å². The SMILES string of the molecule is Cc1cc(C)c(-n2c(C)cc([C@H]3[C@@H](c4ccccn4)NC(=S)N3C(C)C)c2C)c(C)c1. The third-order valence-electron chi connectivity index (χ3n) is 6.34. The first-order valence-corrected chi connectivity index (χ1v) is 11.4. The molecule has 1 N–H and O–H groups in total. The Morgan fingerprint density at radius 3 is 2.26 bits per heavy atom. The van der Waals surface area contributed by atoms with Crippen LogP contribution in [-0.4, -0.2) is 25.6 Å². The Bertz CT molecular complexity index is 1110. The van der Waals surface area contributed by atoms with E-state index in [-0.39, 0.29) is 18.1 Å². The van der Waals surface area contributed by atoms with E-state index in [4.69, 9.17) is 12.2 Å². The summed E-state index contributed by atoms with van der Waals surface area (Å²) < 4.78 is 2.41. The number of hydrogen-bond donors (Lipinski definition) is 1. The summed E-state index contributed by atoms with van der Waals surface area (Å²) in [5.41, 5.74) is 10.00. The Labute approximate surface area is 191 Å². The maximum Gasteiger partial charge on any atom is 0.170 e. The molecule has 162 valence electrons. The molecule has 0 radical (unpaired) electrons. The molecule has 0 saturated carbocycles. The quantitative estimate of drug-likeness (QED) is 0.529. The lowest BCUT2D eigenvalue weighted by atomic mass is 9.96. The van der Waals surface area contributed by atoms with Gasteiger partial charge in [-0.1, -0.05) is 23.8 Å². The van der Waals surface area contributed by atoms with Crippen molar-refractivity contribution in [3.8, 4) is 5.69 Å². The van der Waals surface area contributed by atoms with Crippen molar-refractivity contribution < 1.29 is 0 Å². The molecule has 1 saturated heterocycles. The van der Waals surface area contributed by atoms with Gasteiger partial charge in [-0.15, -0.1) is 0 Å². The van der Waals surface area contributed by atoms with E-state index in [1.165, 1.54) is 39.3 Å². The fraction of sp³-hybridized carbons (Fsp3) is 0.385. The van der Waals surface area contributed by atoms with Gasteiger partial charge >= 0.3 is 0 Å². The molecule has 0 unspecified atom stereocenters. The van der Waals surface area contributed by atoms with Crippen molar-refractivity contribution >= 4 is 17.3 Å². The molecule has 0 bridgehead atoms. The van der Waals surface area contributed by atoms with E-state index in [1.807, 2.05) is 18.3 Å². The standard InChI is InChI=1S/C26H32N4S/c1-15(2)29-25(23(28-26(29)31)22-10-8-9-11-27-22)21-14-19(6)30(20(21)7)24-17(4)12-16(3)13-18(24)5/h8-15,23,25H,1-7H3,(H,28,31)/t23-,25+/m1/s1. The maximum absolute atomic E-state index is 5.78. The summed E-state index contributed by atoms with van der Waals surface area (Å²) in [6.07, 6.45) is 1.86. The molecule has 1 aliphatic rings. The van der Waals surface area contributed by atoms with Crippen LogP contribution in [0, 0.1) is 34.6 Å². The fourth-order valence-corrected chi connectivity index (χ4v) is 5.66. The molecule has 2 aromatic heterocycles. The lowest BCUT2D eigenvalue weighted by molar-refractivity contribution is 0.269. The van der Waals surface area contributed by atoms with Gasteiger partial charge in [-0.25, -0.2) is 0 Å². The minimum absolute atomic E-state index is 0.0188. The van der Waals surface area contributed by atoms with Gasteiger partial charge in [-0.3, -0.25) is 4.98 Å². The van der Waals surface area contributed by atoms with Gasteiger partial charge in [0.2, 0.25) is 0 Å². The van der Waals surface area contributed by atoms with Crippen molar-refractivity contribution in [2.45, 2.75) is 66.6 Å². The number of benzene rings is 1. The number of aromatic nitrogens is 2. The zero-order valence-electron chi connectivity index (χ0n) is 19.5. The Kier molecular flexibility index (Phi) is 5.65. The van der Waals surface area contributed by atoms with Crippen molar-refractivity contribution in [2.75, 3.05) is 0 Å². The van der Waals surface area contributed by atoms with Crippen LogP contribution in [0.1, 0.15) is 65.3 Å². The number of aryl methyl sites for hydroxylation is 4. The molecule has 4 nitrogen and oxygen atoms in total. The Balaban J connectivity index is 1.90. The summed E-state index contributed by atoms with van der Waals surface area (Å²) in [4.78, 5) is 6.99. The lowest BCUT2D eigenvalue weighted by Crippen LogP contribution is -2.35. The maximum atomic E-state index is 5.78. The van der Waals surface area contributed by atoms with Crippen molar-refractivity contribution in [2.24, 2.45) is 0 Å². The highest BCUT2D eigenvalue weighted by Crippen LogP contribution is 2.42. The zero-order chi connectivity index (χ0) is 22.4. The van der Waals surface area contributed by atoms with Crippen LogP contribution >= 0.6 is 12.2 Å². The fourth-order valence-electron chi connectivity index (χ4n) is 5.21. The van der Waals surface area contributed by atoms with Gasteiger partial charge in [0.25, 0.3) is 0 Å². The molecule has 31 heavy (non-hydrogen) atoms. The Morgan fingerprint density at radius 2 is 1.68 bits per heavy atom. The van der Waals surface area contributed by atoms with E-state index in [9.17, 15) is 0 Å². The second-order valence-corrected chi connectivity index (χ2v) is 9.42. The van der Waals surface area contributed by atoms with Crippen LogP contribution in [0.3, 0.4) is 0 Å². The van der Waals surface area contributed by atoms with E-state index in [2.05, 4.69) is 92.5 Å². The molecular weight excluding hydrogens is 400 g/mol. The first-order valence-electron chi connectivity index (χ1n) is 11.0. The second-order valence-electron chi connectivity index (χ2n) is 9.04. The predicted molar refractivity (Wildman–Crippen MR) is 132 cm³/mol. The van der Waals surface area contributed by atoms with Crippen LogP contribution in [0.4, 0.5) is 0 Å². The van der Waals surface area contributed by atoms with Crippen LogP contribution < -0.4 is 5.32 Å². The van der Waals surface area contributed by atoms with Gasteiger partial charge in [-0.05, 0) is 95.6 Å². The monoisotopic (exact) mass is 432 g/mol. The minimum Gasteiger partial charge on any atom is -0.352 e. The molecule has 0 spiro atoms. The summed E-state index contributed by atoms with van der Waals surface area (Å²) in [7, 11) is 0. The molecule has 4 rings (SSSR count). The topological polar surface area (TPSA) is 33.1 Å². The highest BCUT2D eigenvalue weighted by Gasteiger charge is 2.42. The number of hydrogen-bond acceptors (Lipinski definition) is 2. The van der Waals surface area contributed by atoms with Gasteiger partial charge in [-0.2, -0.15) is 0 Å². The zero-order valence-corrected chi connectivity index (χ0v) is 20.3. The Hall–Kier alpha value is -2.66. The molecular formula is C26H32N4S. The van der Waals surface area contributed by atoms with Gasteiger partial charge in [0, 0.05) is 23.6 Å². The first kappa shape index (κ1) is 21.6. The molecule has 3 heterocycles. The van der Waals surface area contributed by atoms with Gasteiger partial charge in [0.1, 0.15) is 0 Å². The second kappa shape index (κ2) is 8.12. The summed E-state index contributed by atoms with van der Waals surface area (Å²) in [6.45, 7) is 15.4. The number of pyridine rings is 1. The number of rotatable bonds is 4. The molecule has 1 fully saturated rings. The molecule has 2 atom stereocenters. The summed E-state index contributed by atoms with van der Waals surface area (Å²) in [5, 5.41) is 4.36. The van der Waals surface area contributed by atoms with Gasteiger partial charge in [0.15, 0.2) is 5.11 Å². The first-order chi connectivity index (χ1) is 14.7. The molecule has 5 heteroatoms. The molecule has 1 aliphatic heterocycles. The molecule has 1 aromatic carbocycles. The normalized spacial score (nSPS) is 18.7. The van der Waals surface area contributed by atoms with E-state index in [0.29, 0.717) is 0 Å². The molecule has 0 aliphatic carbocycles. The van der Waals surface area contributed by atoms with E-state index >= 15 is 0 Å². The third-order valence-corrected chi connectivity index (χ3v) is 6.67. The molecule has 0 amide bonds. The van der Waals surface area contributed by atoms with Crippen molar-refractivity contribution in [3.63, 3.8) is 0 Å². The predicted octanol–water partition coefficient (Wildman–Crippen LogP) is 5.80. The van der Waals surface area contributed by atoms with Gasteiger partial charge < -0.3 is 14.8 Å². The third kappa shape index (κ3) is 3.65. The van der Waals surface area contributed by atoms with Crippen LogP contribution in [-0.2, 0) is 0 Å². The summed E-state index contributed by atoms with van der Waals surface area (Å²) >= 11 is 5.78. The minimum atomic E-state index is 0.0188. The largest absolute Gasteiger partial charge is 0.352 e. The van der Waals surface area contributed by atoms with Crippen molar-refractivity contribution in [1.82, 2.24) is 19.8 Å².